The number of halogens is 1. The smallest absolute Gasteiger partial charge is 0.0946 e. The fraction of sp³-hybridized carbons (Fsp3) is 0.250. The van der Waals surface area contributed by atoms with Crippen molar-refractivity contribution in [3.63, 3.8) is 0 Å². The molecule has 0 aliphatic rings. The fourth-order valence-electron chi connectivity index (χ4n) is 1.81. The normalized spacial score (nSPS) is 12.6. The van der Waals surface area contributed by atoms with Crippen LogP contribution in [0.3, 0.4) is 0 Å². The van der Waals surface area contributed by atoms with Gasteiger partial charge in [-0.2, -0.15) is 0 Å². The number of benzene rings is 1. The lowest BCUT2D eigenvalue weighted by Crippen LogP contribution is -2.30. The Bertz CT molecular complexity index is 478. The molecule has 90 valence electrons. The number of imidazole rings is 1. The Labute approximate surface area is 105 Å². The van der Waals surface area contributed by atoms with Gasteiger partial charge in [-0.05, 0) is 24.1 Å². The summed E-state index contributed by atoms with van der Waals surface area (Å²) in [4.78, 5) is 4.09. The number of rotatable bonds is 4. The summed E-state index contributed by atoms with van der Waals surface area (Å²) in [6, 6.07) is 7.82. The zero-order valence-corrected chi connectivity index (χ0v) is 10.4. The lowest BCUT2D eigenvalue weighted by atomic mass is 10.0. The third-order valence-electron chi connectivity index (χ3n) is 2.77. The molecule has 5 heteroatoms. The lowest BCUT2D eigenvalue weighted by Gasteiger charge is -2.16. The Kier molecular flexibility index (Phi) is 3.78. The molecule has 1 heterocycles. The quantitative estimate of drug-likeness (QED) is 0.643. The van der Waals surface area contributed by atoms with E-state index in [0.29, 0.717) is 0 Å². The largest absolute Gasteiger partial charge is 0.336 e. The van der Waals surface area contributed by atoms with E-state index in [1.807, 2.05) is 42.1 Å². The molecule has 3 N–H and O–H groups in total. The van der Waals surface area contributed by atoms with Gasteiger partial charge in [-0.15, -0.1) is 0 Å². The number of hydrazine groups is 1. The van der Waals surface area contributed by atoms with Crippen LogP contribution in [0.4, 0.5) is 0 Å². The van der Waals surface area contributed by atoms with Crippen LogP contribution in [0, 0.1) is 0 Å². The molecule has 2 rings (SSSR count). The SMILES string of the molecule is Cn1cncc1C(Cc1ccc(Cl)cc1)NN. The van der Waals surface area contributed by atoms with Gasteiger partial charge in [0.05, 0.1) is 18.1 Å². The first-order valence-corrected chi connectivity index (χ1v) is 5.75. The molecular formula is C12H15ClN4. The van der Waals surface area contributed by atoms with Gasteiger partial charge in [0.25, 0.3) is 0 Å². The molecule has 0 saturated heterocycles. The molecule has 1 aromatic carbocycles. The third-order valence-corrected chi connectivity index (χ3v) is 3.02. The monoisotopic (exact) mass is 250 g/mol. The predicted molar refractivity (Wildman–Crippen MR) is 68.4 cm³/mol. The van der Waals surface area contributed by atoms with Crippen LogP contribution in [0.15, 0.2) is 36.8 Å². The molecular weight excluding hydrogens is 236 g/mol. The van der Waals surface area contributed by atoms with E-state index in [0.717, 1.165) is 17.1 Å². The van der Waals surface area contributed by atoms with Crippen LogP contribution in [0.5, 0.6) is 0 Å². The van der Waals surface area contributed by atoms with E-state index in [1.54, 1.807) is 6.33 Å². The maximum absolute atomic E-state index is 5.85. The highest BCUT2D eigenvalue weighted by Gasteiger charge is 2.13. The van der Waals surface area contributed by atoms with Gasteiger partial charge < -0.3 is 4.57 Å². The highest BCUT2D eigenvalue weighted by molar-refractivity contribution is 6.30. The summed E-state index contributed by atoms with van der Waals surface area (Å²) >= 11 is 5.85. The highest BCUT2D eigenvalue weighted by atomic mass is 35.5. The third kappa shape index (κ3) is 2.85. The van der Waals surface area contributed by atoms with Gasteiger partial charge in [0.1, 0.15) is 0 Å². The first-order chi connectivity index (χ1) is 8.20. The van der Waals surface area contributed by atoms with Crippen LogP contribution >= 0.6 is 11.6 Å². The minimum atomic E-state index is 0.0451. The van der Waals surface area contributed by atoms with Gasteiger partial charge in [0.15, 0.2) is 0 Å². The van der Waals surface area contributed by atoms with E-state index in [-0.39, 0.29) is 6.04 Å². The standard InChI is InChI=1S/C12H15ClN4/c1-17-8-15-7-12(17)11(16-14)6-9-2-4-10(13)5-3-9/h2-5,7-8,11,16H,6,14H2,1H3. The maximum Gasteiger partial charge on any atom is 0.0946 e. The van der Waals surface area contributed by atoms with E-state index >= 15 is 0 Å². The molecule has 1 atom stereocenters. The van der Waals surface area contributed by atoms with Gasteiger partial charge >= 0.3 is 0 Å². The van der Waals surface area contributed by atoms with Crippen LogP contribution in [0.2, 0.25) is 5.02 Å². The van der Waals surface area contributed by atoms with Crippen molar-refractivity contribution in [3.8, 4) is 0 Å². The fourth-order valence-corrected chi connectivity index (χ4v) is 1.93. The molecule has 1 unspecified atom stereocenters. The Morgan fingerprint density at radius 2 is 2.12 bits per heavy atom. The first-order valence-electron chi connectivity index (χ1n) is 5.37. The second-order valence-corrected chi connectivity index (χ2v) is 4.42. The summed E-state index contributed by atoms with van der Waals surface area (Å²) in [5, 5.41) is 0.742. The number of hydrogen-bond acceptors (Lipinski definition) is 3. The first kappa shape index (κ1) is 12.1. The molecule has 0 amide bonds. The Hall–Kier alpha value is -1.36. The molecule has 4 nitrogen and oxygen atoms in total. The summed E-state index contributed by atoms with van der Waals surface area (Å²) in [6.07, 6.45) is 4.38. The zero-order valence-electron chi connectivity index (χ0n) is 9.60. The van der Waals surface area contributed by atoms with Crippen LogP contribution in [-0.4, -0.2) is 9.55 Å². The summed E-state index contributed by atoms with van der Waals surface area (Å²) in [5.74, 6) is 5.59. The number of hydrogen-bond donors (Lipinski definition) is 2. The van der Waals surface area contributed by atoms with E-state index in [4.69, 9.17) is 17.4 Å². The molecule has 0 saturated carbocycles. The molecule has 17 heavy (non-hydrogen) atoms. The van der Waals surface area contributed by atoms with Crippen molar-refractivity contribution < 1.29 is 0 Å². The zero-order chi connectivity index (χ0) is 12.3. The summed E-state index contributed by atoms with van der Waals surface area (Å²) in [6.45, 7) is 0. The second-order valence-electron chi connectivity index (χ2n) is 3.98. The van der Waals surface area contributed by atoms with Crippen LogP contribution in [0.1, 0.15) is 17.3 Å². The van der Waals surface area contributed by atoms with Crippen LogP contribution < -0.4 is 11.3 Å². The molecule has 2 aromatic rings. The Morgan fingerprint density at radius 3 is 2.65 bits per heavy atom. The van der Waals surface area contributed by atoms with E-state index in [1.165, 1.54) is 5.56 Å². The van der Waals surface area contributed by atoms with Crippen LogP contribution in [0.25, 0.3) is 0 Å². The average Bonchev–Trinajstić information content (AvgIpc) is 2.75. The van der Waals surface area contributed by atoms with Gasteiger partial charge in [-0.25, -0.2) is 4.98 Å². The van der Waals surface area contributed by atoms with Gasteiger partial charge in [-0.3, -0.25) is 11.3 Å². The number of nitrogens with zero attached hydrogens (tertiary/aromatic N) is 2. The van der Waals surface area contributed by atoms with Crippen molar-refractivity contribution in [2.45, 2.75) is 12.5 Å². The van der Waals surface area contributed by atoms with Crippen molar-refractivity contribution in [3.05, 3.63) is 53.1 Å². The Balaban J connectivity index is 2.16. The molecule has 0 fully saturated rings. The van der Waals surface area contributed by atoms with Gasteiger partial charge in [0, 0.05) is 18.3 Å². The minimum Gasteiger partial charge on any atom is -0.336 e. The highest BCUT2D eigenvalue weighted by Crippen LogP contribution is 2.18. The van der Waals surface area contributed by atoms with Crippen molar-refractivity contribution in [2.75, 3.05) is 0 Å². The number of aromatic nitrogens is 2. The van der Waals surface area contributed by atoms with E-state index in [2.05, 4.69) is 10.4 Å². The van der Waals surface area contributed by atoms with Crippen molar-refractivity contribution >= 4 is 11.6 Å². The molecule has 0 aliphatic carbocycles. The molecule has 0 aliphatic heterocycles. The number of nitrogens with two attached hydrogens (primary N) is 1. The number of aryl methyl sites for hydroxylation is 1. The minimum absolute atomic E-state index is 0.0451. The molecule has 0 spiro atoms. The van der Waals surface area contributed by atoms with E-state index in [9.17, 15) is 0 Å². The second kappa shape index (κ2) is 5.31. The molecule has 0 radical (unpaired) electrons. The van der Waals surface area contributed by atoms with Crippen molar-refractivity contribution in [2.24, 2.45) is 12.9 Å². The van der Waals surface area contributed by atoms with Gasteiger partial charge in [-0.1, -0.05) is 23.7 Å². The summed E-state index contributed by atoms with van der Waals surface area (Å²) in [5.41, 5.74) is 5.05. The summed E-state index contributed by atoms with van der Waals surface area (Å²) < 4.78 is 1.96. The van der Waals surface area contributed by atoms with Crippen molar-refractivity contribution in [1.29, 1.82) is 0 Å². The Morgan fingerprint density at radius 1 is 1.41 bits per heavy atom. The predicted octanol–water partition coefficient (Wildman–Crippen LogP) is 1.82. The molecule has 1 aromatic heterocycles. The van der Waals surface area contributed by atoms with Crippen LogP contribution in [-0.2, 0) is 13.5 Å². The topological polar surface area (TPSA) is 55.9 Å². The van der Waals surface area contributed by atoms with E-state index < -0.39 is 0 Å². The maximum atomic E-state index is 5.85. The average molecular weight is 251 g/mol. The summed E-state index contributed by atoms with van der Waals surface area (Å²) in [7, 11) is 1.95. The molecule has 0 bridgehead atoms. The lowest BCUT2D eigenvalue weighted by molar-refractivity contribution is 0.522. The van der Waals surface area contributed by atoms with Crippen molar-refractivity contribution in [1.82, 2.24) is 15.0 Å². The number of nitrogens with one attached hydrogen (secondary N) is 1. The van der Waals surface area contributed by atoms with Gasteiger partial charge in [0.2, 0.25) is 0 Å².